The second kappa shape index (κ2) is 6.32. The SMILES string of the molecule is CCc1cc(=O)oc2nc(OCc3ccc4c(c3)NNN4C)n(N)c(=O)c12. The number of anilines is 2. The van der Waals surface area contributed by atoms with Crippen LogP contribution < -0.4 is 37.7 Å². The zero-order chi connectivity index (χ0) is 19.1. The number of nitrogens with one attached hydrogen (secondary N) is 2. The maximum absolute atomic E-state index is 12.6. The van der Waals surface area contributed by atoms with Crippen LogP contribution in [-0.4, -0.2) is 16.7 Å². The summed E-state index contributed by atoms with van der Waals surface area (Å²) in [6.07, 6.45) is 0.476. The van der Waals surface area contributed by atoms with Crippen LogP contribution in [0.5, 0.6) is 6.01 Å². The monoisotopic (exact) mass is 370 g/mol. The van der Waals surface area contributed by atoms with Crippen LogP contribution in [0, 0.1) is 0 Å². The first-order valence-electron chi connectivity index (χ1n) is 8.34. The van der Waals surface area contributed by atoms with Gasteiger partial charge in [0.05, 0.1) is 11.4 Å². The lowest BCUT2D eigenvalue weighted by molar-refractivity contribution is 0.268. The van der Waals surface area contributed by atoms with E-state index < -0.39 is 11.2 Å². The summed E-state index contributed by atoms with van der Waals surface area (Å²) >= 11 is 0. The van der Waals surface area contributed by atoms with Crippen LogP contribution in [0.15, 0.2) is 38.3 Å². The Morgan fingerprint density at radius 3 is 2.89 bits per heavy atom. The third-order valence-corrected chi connectivity index (χ3v) is 4.39. The summed E-state index contributed by atoms with van der Waals surface area (Å²) in [6.45, 7) is 1.96. The average Bonchev–Trinajstić information content (AvgIpc) is 3.03. The van der Waals surface area contributed by atoms with E-state index in [1.165, 1.54) is 6.07 Å². The normalized spacial score (nSPS) is 12.9. The number of rotatable bonds is 4. The minimum atomic E-state index is -0.576. The molecule has 0 unspecified atom stereocenters. The number of hydrogen-bond acceptors (Lipinski definition) is 9. The zero-order valence-corrected chi connectivity index (χ0v) is 14.8. The van der Waals surface area contributed by atoms with E-state index in [2.05, 4.69) is 15.9 Å². The fraction of sp³-hybridized carbons (Fsp3) is 0.235. The molecule has 4 rings (SSSR count). The molecule has 0 saturated heterocycles. The first-order chi connectivity index (χ1) is 13.0. The Morgan fingerprint density at radius 1 is 1.30 bits per heavy atom. The third kappa shape index (κ3) is 2.85. The fourth-order valence-electron chi connectivity index (χ4n) is 2.98. The lowest BCUT2D eigenvalue weighted by Crippen LogP contribution is -2.31. The summed E-state index contributed by atoms with van der Waals surface area (Å²) in [7, 11) is 1.89. The smallest absolute Gasteiger partial charge is 0.337 e. The maximum atomic E-state index is 12.6. The molecule has 140 valence electrons. The van der Waals surface area contributed by atoms with E-state index in [1.54, 1.807) is 0 Å². The molecule has 2 aromatic heterocycles. The summed E-state index contributed by atoms with van der Waals surface area (Å²) < 4.78 is 11.5. The fourth-order valence-corrected chi connectivity index (χ4v) is 2.98. The Labute approximate surface area is 153 Å². The van der Waals surface area contributed by atoms with Gasteiger partial charge in [0, 0.05) is 13.1 Å². The van der Waals surface area contributed by atoms with Gasteiger partial charge in [-0.25, -0.2) is 4.79 Å². The van der Waals surface area contributed by atoms with E-state index >= 15 is 0 Å². The highest BCUT2D eigenvalue weighted by Gasteiger charge is 2.17. The number of aromatic nitrogens is 2. The standard InChI is InChI=1S/C17H18N6O4/c1-3-10-7-13(24)27-15-14(10)16(25)23(18)17(19-15)26-8-9-4-5-12-11(6-9)20-21-22(12)2/h4-7,20-21H,3,8,18H2,1-2H3. The van der Waals surface area contributed by atoms with E-state index in [9.17, 15) is 9.59 Å². The molecular formula is C17H18N6O4. The van der Waals surface area contributed by atoms with Gasteiger partial charge in [-0.3, -0.25) is 9.80 Å². The minimum absolute atomic E-state index is 0.0810. The van der Waals surface area contributed by atoms with Crippen molar-refractivity contribution in [3.8, 4) is 6.01 Å². The number of ether oxygens (including phenoxy) is 1. The Morgan fingerprint density at radius 2 is 2.11 bits per heavy atom. The lowest BCUT2D eigenvalue weighted by atomic mass is 10.1. The van der Waals surface area contributed by atoms with Gasteiger partial charge in [-0.15, -0.1) is 5.53 Å². The van der Waals surface area contributed by atoms with E-state index in [1.807, 2.05) is 37.2 Å². The van der Waals surface area contributed by atoms with Crippen molar-refractivity contribution < 1.29 is 9.15 Å². The van der Waals surface area contributed by atoms with Crippen LogP contribution in [0.1, 0.15) is 18.1 Å². The minimum Gasteiger partial charge on any atom is -0.458 e. The summed E-state index contributed by atoms with van der Waals surface area (Å²) in [4.78, 5) is 28.4. The number of hydrogen-bond donors (Lipinski definition) is 3. The molecule has 0 spiro atoms. The molecule has 4 N–H and O–H groups in total. The van der Waals surface area contributed by atoms with Crippen LogP contribution in [0.4, 0.5) is 11.4 Å². The Kier molecular flexibility index (Phi) is 3.96. The molecule has 0 amide bonds. The number of nitrogens with zero attached hydrogens (tertiary/aromatic N) is 3. The molecule has 3 heterocycles. The molecule has 10 nitrogen and oxygen atoms in total. The van der Waals surface area contributed by atoms with E-state index in [4.69, 9.17) is 15.0 Å². The molecule has 0 bridgehead atoms. The van der Waals surface area contributed by atoms with Gasteiger partial charge in [0.2, 0.25) is 5.71 Å². The quantitative estimate of drug-likeness (QED) is 0.562. The van der Waals surface area contributed by atoms with Gasteiger partial charge in [-0.1, -0.05) is 13.0 Å². The van der Waals surface area contributed by atoms with Crippen LogP contribution in [-0.2, 0) is 13.0 Å². The van der Waals surface area contributed by atoms with Crippen molar-refractivity contribution in [2.75, 3.05) is 23.3 Å². The predicted octanol–water partition coefficient (Wildman–Crippen LogP) is 0.486. The molecule has 0 saturated carbocycles. The van der Waals surface area contributed by atoms with E-state index in [-0.39, 0.29) is 23.7 Å². The van der Waals surface area contributed by atoms with Crippen LogP contribution in [0.2, 0.25) is 0 Å². The molecule has 10 heteroatoms. The van der Waals surface area contributed by atoms with E-state index in [0.29, 0.717) is 12.0 Å². The van der Waals surface area contributed by atoms with Crippen molar-refractivity contribution in [3.05, 3.63) is 56.2 Å². The molecule has 1 aromatic carbocycles. The number of hydrazine groups is 2. The van der Waals surface area contributed by atoms with Gasteiger partial charge >= 0.3 is 11.6 Å². The Hall–Kier alpha value is -3.53. The first kappa shape index (κ1) is 16.9. The topological polar surface area (TPSA) is 128 Å². The average molecular weight is 370 g/mol. The second-order valence-electron chi connectivity index (χ2n) is 6.13. The number of fused-ring (bicyclic) bond motifs is 2. The van der Waals surface area contributed by atoms with Gasteiger partial charge in [0.25, 0.3) is 5.56 Å². The largest absolute Gasteiger partial charge is 0.458 e. The molecule has 1 aliphatic rings. The van der Waals surface area contributed by atoms with E-state index in [0.717, 1.165) is 21.6 Å². The first-order valence-corrected chi connectivity index (χ1v) is 8.34. The van der Waals surface area contributed by atoms with Crippen LogP contribution in [0.25, 0.3) is 11.1 Å². The number of aryl methyl sites for hydroxylation is 1. The molecular weight excluding hydrogens is 352 g/mol. The van der Waals surface area contributed by atoms with Gasteiger partial charge in [0.15, 0.2) is 0 Å². The molecule has 1 aliphatic heterocycles. The lowest BCUT2D eigenvalue weighted by Gasteiger charge is -2.12. The molecule has 0 atom stereocenters. The number of benzene rings is 1. The van der Waals surface area contributed by atoms with Crippen molar-refractivity contribution in [1.82, 2.24) is 15.2 Å². The summed E-state index contributed by atoms with van der Waals surface area (Å²) in [5.41, 5.74) is 8.07. The van der Waals surface area contributed by atoms with Crippen molar-refractivity contribution in [2.24, 2.45) is 0 Å². The number of nitrogen functional groups attached to an aromatic ring is 1. The predicted molar refractivity (Wildman–Crippen MR) is 100 cm³/mol. The second-order valence-corrected chi connectivity index (χ2v) is 6.13. The summed E-state index contributed by atoms with van der Waals surface area (Å²) in [5.74, 6) is 5.85. The van der Waals surface area contributed by atoms with Crippen molar-refractivity contribution in [3.63, 3.8) is 0 Å². The van der Waals surface area contributed by atoms with Crippen molar-refractivity contribution in [1.29, 1.82) is 0 Å². The van der Waals surface area contributed by atoms with Gasteiger partial charge in [-0.05, 0) is 29.7 Å². The molecule has 3 aromatic rings. The van der Waals surface area contributed by atoms with Gasteiger partial charge < -0.3 is 20.4 Å². The highest BCUT2D eigenvalue weighted by atomic mass is 16.5. The van der Waals surface area contributed by atoms with Crippen molar-refractivity contribution in [2.45, 2.75) is 20.0 Å². The highest BCUT2D eigenvalue weighted by molar-refractivity contribution is 5.76. The van der Waals surface area contributed by atoms with Gasteiger partial charge in [-0.2, -0.15) is 9.66 Å². The summed E-state index contributed by atoms with van der Waals surface area (Å²) in [5, 5.41) is 2.03. The zero-order valence-electron chi connectivity index (χ0n) is 14.8. The van der Waals surface area contributed by atoms with Crippen molar-refractivity contribution >= 4 is 22.5 Å². The summed E-state index contributed by atoms with van der Waals surface area (Å²) in [6, 6.07) is 6.86. The molecule has 0 fully saturated rings. The Balaban J connectivity index is 1.68. The third-order valence-electron chi connectivity index (χ3n) is 4.39. The number of nitrogens with two attached hydrogens (primary N) is 1. The Bertz CT molecular complexity index is 1150. The molecule has 0 radical (unpaired) electrons. The van der Waals surface area contributed by atoms with Crippen LogP contribution >= 0.6 is 0 Å². The molecule has 27 heavy (non-hydrogen) atoms. The van der Waals surface area contributed by atoms with Crippen LogP contribution in [0.3, 0.4) is 0 Å². The molecule has 0 aliphatic carbocycles. The van der Waals surface area contributed by atoms with Gasteiger partial charge in [0.1, 0.15) is 12.0 Å². The highest BCUT2D eigenvalue weighted by Crippen LogP contribution is 2.29. The maximum Gasteiger partial charge on any atom is 0.337 e.